The van der Waals surface area contributed by atoms with Crippen molar-refractivity contribution in [3.05, 3.63) is 29.8 Å². The number of benzene rings is 1. The molecule has 2 saturated heterocycles. The Balaban J connectivity index is 1.73. The molecule has 2 amide bonds. The lowest BCUT2D eigenvalue weighted by Gasteiger charge is -2.45. The number of fused-ring (bicyclic) bond motifs is 1. The fourth-order valence-corrected chi connectivity index (χ4v) is 3.19. The Kier molecular flexibility index (Phi) is 4.02. The number of amides is 2. The Morgan fingerprint density at radius 3 is 2.77 bits per heavy atom. The van der Waals surface area contributed by atoms with Gasteiger partial charge in [0.15, 0.2) is 0 Å². The third-order valence-electron chi connectivity index (χ3n) is 4.41. The molecule has 2 aliphatic heterocycles. The van der Waals surface area contributed by atoms with Crippen molar-refractivity contribution in [2.45, 2.75) is 12.6 Å². The molecule has 2 aliphatic rings. The molecular formula is C16H21N3O3. The maximum Gasteiger partial charge on any atom is 0.246 e. The van der Waals surface area contributed by atoms with Crippen molar-refractivity contribution >= 4 is 11.8 Å². The van der Waals surface area contributed by atoms with Crippen molar-refractivity contribution in [1.82, 2.24) is 14.7 Å². The van der Waals surface area contributed by atoms with Gasteiger partial charge in [-0.2, -0.15) is 0 Å². The van der Waals surface area contributed by atoms with Crippen LogP contribution in [0.1, 0.15) is 5.56 Å². The highest BCUT2D eigenvalue weighted by Gasteiger charge is 2.41. The van der Waals surface area contributed by atoms with Gasteiger partial charge in [-0.25, -0.2) is 0 Å². The maximum atomic E-state index is 12.3. The molecule has 22 heavy (non-hydrogen) atoms. The van der Waals surface area contributed by atoms with Crippen LogP contribution in [0.4, 0.5) is 0 Å². The molecule has 1 atom stereocenters. The molecule has 6 nitrogen and oxygen atoms in total. The zero-order chi connectivity index (χ0) is 15.7. The van der Waals surface area contributed by atoms with E-state index in [1.54, 1.807) is 19.1 Å². The van der Waals surface area contributed by atoms with Crippen molar-refractivity contribution in [3.63, 3.8) is 0 Å². The fourth-order valence-electron chi connectivity index (χ4n) is 3.19. The van der Waals surface area contributed by atoms with Crippen LogP contribution in [0.2, 0.25) is 0 Å². The molecule has 0 N–H and O–H groups in total. The standard InChI is InChI=1S/C16H21N3O3/c1-17-11-15(20)19-8-7-18(10-13(19)16(17)21)9-12-5-3-4-6-14(12)22-2/h3-6,13H,7-11H2,1-2H3/t13-/m1/s1. The summed E-state index contributed by atoms with van der Waals surface area (Å²) in [6, 6.07) is 7.55. The maximum absolute atomic E-state index is 12.3. The molecule has 0 spiro atoms. The molecule has 6 heteroatoms. The predicted octanol–water partition coefficient (Wildman–Crippen LogP) is 0.180. The average Bonchev–Trinajstić information content (AvgIpc) is 2.53. The largest absolute Gasteiger partial charge is 0.496 e. The van der Waals surface area contributed by atoms with Gasteiger partial charge < -0.3 is 14.5 Å². The van der Waals surface area contributed by atoms with Crippen molar-refractivity contribution in [3.8, 4) is 5.75 Å². The number of methoxy groups -OCH3 is 1. The van der Waals surface area contributed by atoms with Gasteiger partial charge >= 0.3 is 0 Å². The normalized spacial score (nSPS) is 22.7. The van der Waals surface area contributed by atoms with E-state index in [1.165, 1.54) is 4.90 Å². The lowest BCUT2D eigenvalue weighted by Crippen LogP contribution is -2.65. The minimum Gasteiger partial charge on any atom is -0.496 e. The van der Waals surface area contributed by atoms with Crippen LogP contribution in [-0.4, -0.2) is 72.9 Å². The monoisotopic (exact) mass is 303 g/mol. The van der Waals surface area contributed by atoms with Gasteiger partial charge in [0.05, 0.1) is 13.7 Å². The molecule has 118 valence electrons. The van der Waals surface area contributed by atoms with Crippen LogP contribution >= 0.6 is 0 Å². The topological polar surface area (TPSA) is 53.1 Å². The van der Waals surface area contributed by atoms with E-state index in [1.807, 2.05) is 24.3 Å². The van der Waals surface area contributed by atoms with Crippen LogP contribution in [0, 0.1) is 0 Å². The van der Waals surface area contributed by atoms with Crippen LogP contribution in [0.15, 0.2) is 24.3 Å². The van der Waals surface area contributed by atoms with Gasteiger partial charge in [0.2, 0.25) is 11.8 Å². The van der Waals surface area contributed by atoms with Crippen molar-refractivity contribution in [1.29, 1.82) is 0 Å². The van der Waals surface area contributed by atoms with Crippen molar-refractivity contribution in [2.24, 2.45) is 0 Å². The summed E-state index contributed by atoms with van der Waals surface area (Å²) in [5, 5.41) is 0. The Bertz CT molecular complexity index is 590. The minimum atomic E-state index is -0.352. The average molecular weight is 303 g/mol. The van der Waals surface area contributed by atoms with Crippen LogP contribution in [0.5, 0.6) is 5.75 Å². The summed E-state index contributed by atoms with van der Waals surface area (Å²) in [4.78, 5) is 29.8. The first-order valence-corrected chi connectivity index (χ1v) is 7.49. The fraction of sp³-hybridized carbons (Fsp3) is 0.500. The molecule has 1 aromatic rings. The summed E-state index contributed by atoms with van der Waals surface area (Å²) in [6.07, 6.45) is 0. The Morgan fingerprint density at radius 1 is 1.23 bits per heavy atom. The summed E-state index contributed by atoms with van der Waals surface area (Å²) >= 11 is 0. The number of carbonyl (C=O) groups excluding carboxylic acids is 2. The lowest BCUT2D eigenvalue weighted by atomic mass is 10.1. The molecule has 0 aliphatic carbocycles. The van der Waals surface area contributed by atoms with Gasteiger partial charge in [0.1, 0.15) is 11.8 Å². The number of rotatable bonds is 3. The highest BCUT2D eigenvalue weighted by atomic mass is 16.5. The Labute approximate surface area is 130 Å². The molecule has 2 heterocycles. The quantitative estimate of drug-likeness (QED) is 0.799. The van der Waals surface area contributed by atoms with Crippen LogP contribution in [-0.2, 0) is 16.1 Å². The third kappa shape index (κ3) is 2.66. The smallest absolute Gasteiger partial charge is 0.246 e. The zero-order valence-corrected chi connectivity index (χ0v) is 13.0. The highest BCUT2D eigenvalue weighted by molar-refractivity contribution is 5.95. The van der Waals surface area contributed by atoms with E-state index in [2.05, 4.69) is 4.90 Å². The highest BCUT2D eigenvalue weighted by Crippen LogP contribution is 2.22. The first-order chi connectivity index (χ1) is 10.6. The molecule has 1 aromatic carbocycles. The van der Waals surface area contributed by atoms with E-state index in [-0.39, 0.29) is 24.4 Å². The number of likely N-dealkylation sites (N-methyl/N-ethyl adjacent to an activating group) is 1. The SMILES string of the molecule is COc1ccccc1CN1CCN2C(=O)CN(C)C(=O)[C@H]2C1. The van der Waals surface area contributed by atoms with Gasteiger partial charge in [-0.3, -0.25) is 14.5 Å². The van der Waals surface area contributed by atoms with E-state index in [4.69, 9.17) is 4.74 Å². The predicted molar refractivity (Wildman–Crippen MR) is 81.4 cm³/mol. The molecule has 0 bridgehead atoms. The number of nitrogens with zero attached hydrogens (tertiary/aromatic N) is 3. The van der Waals surface area contributed by atoms with E-state index >= 15 is 0 Å². The number of ether oxygens (including phenoxy) is 1. The summed E-state index contributed by atoms with van der Waals surface area (Å²) < 4.78 is 5.38. The van der Waals surface area contributed by atoms with Gasteiger partial charge in [0.25, 0.3) is 0 Å². The van der Waals surface area contributed by atoms with E-state index in [0.29, 0.717) is 13.1 Å². The number of carbonyl (C=O) groups is 2. The first kappa shape index (κ1) is 14.8. The minimum absolute atomic E-state index is 0.0318. The molecular weight excluding hydrogens is 282 g/mol. The van der Waals surface area contributed by atoms with Crippen LogP contribution in [0.25, 0.3) is 0 Å². The number of hydrogen-bond acceptors (Lipinski definition) is 4. The molecule has 2 fully saturated rings. The molecule has 0 radical (unpaired) electrons. The summed E-state index contributed by atoms with van der Waals surface area (Å²) in [6.45, 7) is 2.88. The third-order valence-corrected chi connectivity index (χ3v) is 4.41. The summed E-state index contributed by atoms with van der Waals surface area (Å²) in [5.74, 6) is 0.932. The van der Waals surface area contributed by atoms with Gasteiger partial charge in [-0.1, -0.05) is 18.2 Å². The van der Waals surface area contributed by atoms with Crippen LogP contribution in [0.3, 0.4) is 0 Å². The molecule has 3 rings (SSSR count). The molecule has 0 saturated carbocycles. The van der Waals surface area contributed by atoms with E-state index < -0.39 is 0 Å². The summed E-state index contributed by atoms with van der Waals surface area (Å²) in [7, 11) is 3.35. The van der Waals surface area contributed by atoms with Crippen LogP contribution < -0.4 is 4.74 Å². The molecule has 0 aromatic heterocycles. The number of para-hydroxylation sites is 1. The lowest BCUT2D eigenvalue weighted by molar-refractivity contribution is -0.158. The Morgan fingerprint density at radius 2 is 2.00 bits per heavy atom. The zero-order valence-electron chi connectivity index (χ0n) is 13.0. The van der Waals surface area contributed by atoms with Gasteiger partial charge in [-0.15, -0.1) is 0 Å². The number of hydrogen-bond donors (Lipinski definition) is 0. The second-order valence-electron chi connectivity index (χ2n) is 5.84. The van der Waals surface area contributed by atoms with Crippen molar-refractivity contribution < 1.29 is 14.3 Å². The van der Waals surface area contributed by atoms with Gasteiger partial charge in [-0.05, 0) is 6.07 Å². The van der Waals surface area contributed by atoms with Crippen molar-refractivity contribution in [2.75, 3.05) is 40.3 Å². The number of piperazine rings is 2. The second-order valence-corrected chi connectivity index (χ2v) is 5.84. The second kappa shape index (κ2) is 5.96. The van der Waals surface area contributed by atoms with Gasteiger partial charge in [0, 0.05) is 38.8 Å². The first-order valence-electron chi connectivity index (χ1n) is 7.49. The molecule has 0 unspecified atom stereocenters. The van der Waals surface area contributed by atoms with E-state index in [0.717, 1.165) is 24.4 Å². The van der Waals surface area contributed by atoms with E-state index in [9.17, 15) is 9.59 Å². The Hall–Kier alpha value is -2.08. The summed E-state index contributed by atoms with van der Waals surface area (Å²) in [5.41, 5.74) is 1.10.